The summed E-state index contributed by atoms with van der Waals surface area (Å²) in [7, 11) is 0. The van der Waals surface area contributed by atoms with Gasteiger partial charge < -0.3 is 5.11 Å². The molecule has 2 aliphatic heterocycles. The average Bonchev–Trinajstić information content (AvgIpc) is 2.75. The van der Waals surface area contributed by atoms with Crippen LogP contribution in [0, 0.1) is 0 Å². The van der Waals surface area contributed by atoms with Gasteiger partial charge in [0.2, 0.25) is 5.91 Å². The number of amides is 1. The van der Waals surface area contributed by atoms with Crippen molar-refractivity contribution in [3.8, 4) is 0 Å². The highest BCUT2D eigenvalue weighted by Crippen LogP contribution is 2.56. The van der Waals surface area contributed by atoms with Crippen molar-refractivity contribution in [3.63, 3.8) is 0 Å². The van der Waals surface area contributed by atoms with Crippen LogP contribution in [0.4, 0.5) is 5.69 Å². The van der Waals surface area contributed by atoms with Crippen LogP contribution >= 0.6 is 35.0 Å². The molecule has 25 heavy (non-hydrogen) atoms. The summed E-state index contributed by atoms with van der Waals surface area (Å²) < 4.78 is 0. The molecule has 1 fully saturated rings. The summed E-state index contributed by atoms with van der Waals surface area (Å²) in [4.78, 5) is 26.8. The molecule has 128 valence electrons. The van der Waals surface area contributed by atoms with E-state index in [-0.39, 0.29) is 12.3 Å². The first-order valence-corrected chi connectivity index (χ1v) is 9.37. The van der Waals surface area contributed by atoms with Crippen molar-refractivity contribution in [1.82, 2.24) is 0 Å². The van der Waals surface area contributed by atoms with Gasteiger partial charge in [0.05, 0.1) is 11.2 Å². The van der Waals surface area contributed by atoms with Crippen molar-refractivity contribution in [1.29, 1.82) is 0 Å². The minimum Gasteiger partial charge on any atom is -0.480 e. The molecule has 3 atom stereocenters. The molecule has 2 aliphatic rings. The smallest absolute Gasteiger partial charge is 0.317 e. The molecule has 2 aromatic carbocycles. The van der Waals surface area contributed by atoms with Crippen molar-refractivity contribution in [2.45, 2.75) is 27.5 Å². The average molecular weight is 394 g/mol. The molecule has 4 nitrogen and oxygen atoms in total. The first-order chi connectivity index (χ1) is 11.9. The van der Waals surface area contributed by atoms with Crippen LogP contribution < -0.4 is 4.90 Å². The third-order valence-electron chi connectivity index (χ3n) is 4.73. The van der Waals surface area contributed by atoms with E-state index >= 15 is 0 Å². The summed E-state index contributed by atoms with van der Waals surface area (Å²) in [5.74, 6) is -1.16. The van der Waals surface area contributed by atoms with Crippen molar-refractivity contribution in [3.05, 3.63) is 59.1 Å². The number of carbonyl (C=O) groups excluding carboxylic acids is 1. The summed E-state index contributed by atoms with van der Waals surface area (Å²) in [6.45, 7) is 0. The quantitative estimate of drug-likeness (QED) is 0.615. The van der Waals surface area contributed by atoms with Gasteiger partial charge in [-0.2, -0.15) is 0 Å². The Morgan fingerprint density at radius 3 is 2.64 bits per heavy atom. The molecule has 2 heterocycles. The number of carboxylic acid groups (broad SMARTS) is 1. The van der Waals surface area contributed by atoms with Gasteiger partial charge in [-0.25, -0.2) is 0 Å². The third-order valence-corrected chi connectivity index (χ3v) is 6.75. The molecule has 4 rings (SSSR count). The Bertz CT molecular complexity index is 876. The van der Waals surface area contributed by atoms with E-state index in [4.69, 9.17) is 23.2 Å². The van der Waals surface area contributed by atoms with Gasteiger partial charge in [-0.3, -0.25) is 14.5 Å². The van der Waals surface area contributed by atoms with Gasteiger partial charge in [0, 0.05) is 16.3 Å². The fraction of sp³-hybridized carbons (Fsp3) is 0.222. The highest BCUT2D eigenvalue weighted by atomic mass is 35.5. The second kappa shape index (κ2) is 5.94. The maximum Gasteiger partial charge on any atom is 0.317 e. The maximum atomic E-state index is 12.7. The van der Waals surface area contributed by atoms with Crippen molar-refractivity contribution in [2.75, 3.05) is 4.90 Å². The number of hydrogen-bond acceptors (Lipinski definition) is 3. The highest BCUT2D eigenvalue weighted by molar-refractivity contribution is 8.00. The molecule has 1 saturated heterocycles. The van der Waals surface area contributed by atoms with Gasteiger partial charge in [0.15, 0.2) is 0 Å². The number of thioether (sulfide) groups is 1. The number of halogens is 2. The molecule has 0 saturated carbocycles. The Balaban J connectivity index is 1.96. The molecular formula is C18H13Cl2NO3S. The predicted molar refractivity (Wildman–Crippen MR) is 98.6 cm³/mol. The van der Waals surface area contributed by atoms with Gasteiger partial charge in [0.25, 0.3) is 0 Å². The van der Waals surface area contributed by atoms with E-state index in [2.05, 4.69) is 0 Å². The van der Waals surface area contributed by atoms with Crippen LogP contribution in [0.15, 0.2) is 53.4 Å². The molecule has 1 amide bonds. The Morgan fingerprint density at radius 1 is 1.24 bits per heavy atom. The van der Waals surface area contributed by atoms with E-state index in [0.717, 1.165) is 5.56 Å². The second-order valence-corrected chi connectivity index (χ2v) is 8.20. The lowest BCUT2D eigenvalue weighted by Crippen LogP contribution is -2.71. The molecule has 7 heteroatoms. The number of β-lactam (4-membered cyclic amide) rings is 1. The third kappa shape index (κ3) is 2.37. The number of alkyl halides is 1. The minimum atomic E-state index is -0.934. The summed E-state index contributed by atoms with van der Waals surface area (Å²) in [5, 5.41) is 8.65. The molecule has 0 aromatic heterocycles. The van der Waals surface area contributed by atoms with Crippen LogP contribution in [0.25, 0.3) is 0 Å². The molecular weight excluding hydrogens is 381 g/mol. The van der Waals surface area contributed by atoms with Gasteiger partial charge in [-0.05, 0) is 23.8 Å². The van der Waals surface area contributed by atoms with Crippen LogP contribution in [0.1, 0.15) is 12.0 Å². The normalized spacial score (nSPS) is 27.8. The molecule has 2 aromatic rings. The maximum absolute atomic E-state index is 12.7. The van der Waals surface area contributed by atoms with E-state index < -0.39 is 22.1 Å². The van der Waals surface area contributed by atoms with E-state index in [1.54, 1.807) is 23.1 Å². The molecule has 1 N–H and O–H groups in total. The standard InChI is InChI=1S/C18H13Cl2NO3S/c19-11-6-7-12-13(8-11)25-14(17(23)24)9-18(10-4-2-1-3-5-10)15(20)16(22)21(12)18/h1-8,14-15H,9H2,(H,23,24). The van der Waals surface area contributed by atoms with Crippen molar-refractivity contribution in [2.24, 2.45) is 0 Å². The lowest BCUT2D eigenvalue weighted by atomic mass is 9.73. The Hall–Kier alpha value is -1.69. The SMILES string of the molecule is O=C(O)C1CC2(c3ccccc3)C(Cl)C(=O)N2c2ccc(Cl)cc2S1. The summed E-state index contributed by atoms with van der Waals surface area (Å²) in [5.41, 5.74) is 0.614. The van der Waals surface area contributed by atoms with Crippen molar-refractivity contribution < 1.29 is 14.7 Å². The molecule has 0 bridgehead atoms. The van der Waals surface area contributed by atoms with Crippen molar-refractivity contribution >= 4 is 52.5 Å². The molecule has 3 unspecified atom stereocenters. The Kier molecular flexibility index (Phi) is 3.98. The number of carboxylic acids is 1. The van der Waals surface area contributed by atoms with Crippen LogP contribution in [0.3, 0.4) is 0 Å². The largest absolute Gasteiger partial charge is 0.480 e. The van der Waals surface area contributed by atoms with E-state index in [0.29, 0.717) is 15.6 Å². The first-order valence-electron chi connectivity index (χ1n) is 7.68. The number of carbonyl (C=O) groups is 2. The highest BCUT2D eigenvalue weighted by Gasteiger charge is 2.63. The second-order valence-electron chi connectivity index (χ2n) is 6.09. The zero-order chi connectivity index (χ0) is 17.8. The van der Waals surface area contributed by atoms with E-state index in [1.807, 2.05) is 30.3 Å². The fourth-order valence-corrected chi connectivity index (χ4v) is 5.46. The first kappa shape index (κ1) is 16.8. The van der Waals surface area contributed by atoms with Crippen LogP contribution in [-0.4, -0.2) is 27.6 Å². The number of hydrogen-bond donors (Lipinski definition) is 1. The number of benzene rings is 2. The minimum absolute atomic E-state index is 0.222. The predicted octanol–water partition coefficient (Wildman–Crippen LogP) is 4.14. The summed E-state index contributed by atoms with van der Waals surface area (Å²) in [6, 6.07) is 14.5. The number of anilines is 1. The number of rotatable bonds is 2. The van der Waals surface area contributed by atoms with E-state index in [1.165, 1.54) is 11.8 Å². The van der Waals surface area contributed by atoms with Gasteiger partial charge in [-0.15, -0.1) is 23.4 Å². The van der Waals surface area contributed by atoms with Crippen LogP contribution in [0.5, 0.6) is 0 Å². The Labute approximate surface area is 158 Å². The molecule has 0 spiro atoms. The van der Waals surface area contributed by atoms with Gasteiger partial charge in [0.1, 0.15) is 10.6 Å². The Morgan fingerprint density at radius 2 is 1.96 bits per heavy atom. The van der Waals surface area contributed by atoms with Crippen LogP contribution in [0.2, 0.25) is 5.02 Å². The fourth-order valence-electron chi connectivity index (χ4n) is 3.59. The topological polar surface area (TPSA) is 57.6 Å². The lowest BCUT2D eigenvalue weighted by Gasteiger charge is -2.55. The van der Waals surface area contributed by atoms with Gasteiger partial charge in [-0.1, -0.05) is 41.9 Å². The zero-order valence-electron chi connectivity index (χ0n) is 12.9. The zero-order valence-corrected chi connectivity index (χ0v) is 15.2. The van der Waals surface area contributed by atoms with Gasteiger partial charge >= 0.3 is 5.97 Å². The summed E-state index contributed by atoms with van der Waals surface area (Å²) >= 11 is 13.8. The molecule has 0 radical (unpaired) electrons. The summed E-state index contributed by atoms with van der Waals surface area (Å²) in [6.07, 6.45) is 0.225. The number of nitrogens with zero attached hydrogens (tertiary/aromatic N) is 1. The van der Waals surface area contributed by atoms with E-state index in [9.17, 15) is 14.7 Å². The van der Waals surface area contributed by atoms with Crippen LogP contribution in [-0.2, 0) is 15.1 Å². The monoisotopic (exact) mass is 393 g/mol. The molecule has 0 aliphatic carbocycles. The number of fused-ring (bicyclic) bond motifs is 3. The number of aliphatic carboxylic acids is 1. The lowest BCUT2D eigenvalue weighted by molar-refractivity contribution is -0.138.